The number of piperazine rings is 1. The van der Waals surface area contributed by atoms with Crippen LogP contribution in [0.25, 0.3) is 5.78 Å². The molecule has 7 nitrogen and oxygen atoms in total. The Labute approximate surface area is 169 Å². The Kier molecular flexibility index (Phi) is 5.22. The van der Waals surface area contributed by atoms with Gasteiger partial charge in [0.25, 0.3) is 5.78 Å². The van der Waals surface area contributed by atoms with Crippen molar-refractivity contribution in [2.75, 3.05) is 38.2 Å². The molecule has 1 saturated heterocycles. The van der Waals surface area contributed by atoms with Crippen molar-refractivity contribution >= 4 is 23.2 Å². The van der Waals surface area contributed by atoms with Crippen LogP contribution in [0.5, 0.6) is 5.75 Å². The summed E-state index contributed by atoms with van der Waals surface area (Å²) in [7, 11) is 1.61. The quantitative estimate of drug-likeness (QED) is 0.639. The third-order valence-electron chi connectivity index (χ3n) is 4.86. The van der Waals surface area contributed by atoms with Gasteiger partial charge in [0.05, 0.1) is 7.11 Å². The average Bonchev–Trinajstić information content (AvgIpc) is 3.16. The number of nitrogens with zero attached hydrogens (tertiary/aromatic N) is 6. The van der Waals surface area contributed by atoms with Crippen LogP contribution in [0.3, 0.4) is 0 Å². The molecule has 29 heavy (non-hydrogen) atoms. The first-order valence-corrected chi connectivity index (χ1v) is 9.30. The molecule has 0 aliphatic carbocycles. The zero-order valence-corrected chi connectivity index (χ0v) is 16.3. The molecule has 1 aromatic carbocycles. The minimum atomic E-state index is -4.55. The molecule has 1 aliphatic heterocycles. The summed E-state index contributed by atoms with van der Waals surface area (Å²) in [4.78, 5) is 11.5. The van der Waals surface area contributed by atoms with Crippen molar-refractivity contribution in [2.24, 2.45) is 0 Å². The van der Waals surface area contributed by atoms with Gasteiger partial charge >= 0.3 is 6.18 Å². The lowest BCUT2D eigenvalue weighted by molar-refractivity contribution is -0.141. The second-order valence-electron chi connectivity index (χ2n) is 6.69. The van der Waals surface area contributed by atoms with Crippen molar-refractivity contribution in [3.8, 4) is 5.75 Å². The highest BCUT2D eigenvalue weighted by Crippen LogP contribution is 2.31. The number of halogens is 4. The van der Waals surface area contributed by atoms with Gasteiger partial charge in [-0.2, -0.15) is 27.8 Å². The van der Waals surface area contributed by atoms with E-state index in [1.165, 1.54) is 10.8 Å². The van der Waals surface area contributed by atoms with Gasteiger partial charge in [-0.25, -0.2) is 4.98 Å². The number of ether oxygens (including phenoxy) is 1. The van der Waals surface area contributed by atoms with E-state index in [9.17, 15) is 13.2 Å². The summed E-state index contributed by atoms with van der Waals surface area (Å²) >= 11 is 6.10. The molecule has 1 aliphatic rings. The highest BCUT2D eigenvalue weighted by atomic mass is 35.5. The third kappa shape index (κ3) is 4.08. The maximum absolute atomic E-state index is 13.2. The third-order valence-corrected chi connectivity index (χ3v) is 5.09. The SMILES string of the molecule is COc1ccc(Cl)cc1CN1CCN(c2cc(C(F)(F)F)nc3ncnn23)CC1. The van der Waals surface area contributed by atoms with Gasteiger partial charge in [0.15, 0.2) is 5.69 Å². The van der Waals surface area contributed by atoms with Crippen molar-refractivity contribution in [1.82, 2.24) is 24.5 Å². The van der Waals surface area contributed by atoms with E-state index in [1.54, 1.807) is 13.2 Å². The molecule has 1 fully saturated rings. The molecular formula is C18H18ClF3N6O. The fourth-order valence-electron chi connectivity index (χ4n) is 3.41. The van der Waals surface area contributed by atoms with E-state index >= 15 is 0 Å². The lowest BCUT2D eigenvalue weighted by atomic mass is 10.1. The molecule has 0 radical (unpaired) electrons. The van der Waals surface area contributed by atoms with Gasteiger partial charge in [0.2, 0.25) is 0 Å². The number of hydrogen-bond donors (Lipinski definition) is 0. The molecule has 0 amide bonds. The number of alkyl halides is 3. The lowest BCUT2D eigenvalue weighted by Gasteiger charge is -2.36. The van der Waals surface area contributed by atoms with Gasteiger partial charge in [-0.1, -0.05) is 11.6 Å². The van der Waals surface area contributed by atoms with E-state index in [0.717, 1.165) is 17.4 Å². The summed E-state index contributed by atoms with van der Waals surface area (Å²) in [5.74, 6) is 1.02. The van der Waals surface area contributed by atoms with E-state index in [-0.39, 0.29) is 5.78 Å². The molecule has 0 saturated carbocycles. The molecule has 3 heterocycles. The Hall–Kier alpha value is -2.59. The van der Waals surface area contributed by atoms with Crippen LogP contribution in [0, 0.1) is 0 Å². The van der Waals surface area contributed by atoms with Crippen LogP contribution in [-0.2, 0) is 12.7 Å². The molecule has 3 aromatic rings. The van der Waals surface area contributed by atoms with Crippen LogP contribution in [0.1, 0.15) is 11.3 Å². The predicted molar refractivity (Wildman–Crippen MR) is 101 cm³/mol. The summed E-state index contributed by atoms with van der Waals surface area (Å²) in [6.45, 7) is 3.05. The summed E-state index contributed by atoms with van der Waals surface area (Å²) < 4.78 is 46.4. The Morgan fingerprint density at radius 2 is 1.90 bits per heavy atom. The molecule has 0 N–H and O–H groups in total. The van der Waals surface area contributed by atoms with Crippen LogP contribution in [0.15, 0.2) is 30.6 Å². The van der Waals surface area contributed by atoms with Gasteiger partial charge in [-0.15, -0.1) is 0 Å². The van der Waals surface area contributed by atoms with E-state index in [0.29, 0.717) is 43.6 Å². The molecule has 154 valence electrons. The Balaban J connectivity index is 1.52. The Morgan fingerprint density at radius 1 is 1.14 bits per heavy atom. The highest BCUT2D eigenvalue weighted by Gasteiger charge is 2.35. The molecule has 2 aromatic heterocycles. The van der Waals surface area contributed by atoms with Crippen molar-refractivity contribution in [3.05, 3.63) is 46.9 Å². The van der Waals surface area contributed by atoms with Gasteiger partial charge < -0.3 is 9.64 Å². The number of anilines is 1. The molecule has 4 rings (SSSR count). The van der Waals surface area contributed by atoms with Crippen LogP contribution in [0.2, 0.25) is 5.02 Å². The maximum atomic E-state index is 13.2. The number of rotatable bonds is 4. The van der Waals surface area contributed by atoms with Gasteiger partial charge in [-0.05, 0) is 18.2 Å². The maximum Gasteiger partial charge on any atom is 0.433 e. The topological polar surface area (TPSA) is 58.8 Å². The molecule has 0 bridgehead atoms. The smallest absolute Gasteiger partial charge is 0.433 e. The van der Waals surface area contributed by atoms with Crippen LogP contribution in [0.4, 0.5) is 19.0 Å². The first kappa shape index (κ1) is 19.7. The molecular weight excluding hydrogens is 409 g/mol. The normalized spacial score (nSPS) is 15.8. The monoisotopic (exact) mass is 426 g/mol. The van der Waals surface area contributed by atoms with Crippen molar-refractivity contribution in [1.29, 1.82) is 0 Å². The first-order chi connectivity index (χ1) is 13.8. The van der Waals surface area contributed by atoms with E-state index in [4.69, 9.17) is 16.3 Å². The van der Waals surface area contributed by atoms with Crippen LogP contribution < -0.4 is 9.64 Å². The fourth-order valence-corrected chi connectivity index (χ4v) is 3.61. The second-order valence-corrected chi connectivity index (χ2v) is 7.12. The Bertz CT molecular complexity index is 1020. The van der Waals surface area contributed by atoms with Gasteiger partial charge in [-0.3, -0.25) is 4.90 Å². The Morgan fingerprint density at radius 3 is 2.59 bits per heavy atom. The number of benzene rings is 1. The largest absolute Gasteiger partial charge is 0.496 e. The zero-order valence-electron chi connectivity index (χ0n) is 15.5. The average molecular weight is 427 g/mol. The van der Waals surface area contributed by atoms with Crippen molar-refractivity contribution in [3.63, 3.8) is 0 Å². The fraction of sp³-hybridized carbons (Fsp3) is 0.389. The molecule has 11 heteroatoms. The lowest BCUT2D eigenvalue weighted by Crippen LogP contribution is -2.46. The minimum absolute atomic E-state index is 0.0686. The molecule has 0 unspecified atom stereocenters. The molecule has 0 spiro atoms. The van der Waals surface area contributed by atoms with E-state index in [2.05, 4.69) is 20.0 Å². The van der Waals surface area contributed by atoms with Gasteiger partial charge in [0, 0.05) is 49.4 Å². The highest BCUT2D eigenvalue weighted by molar-refractivity contribution is 6.30. The number of hydrogen-bond acceptors (Lipinski definition) is 6. The number of aromatic nitrogens is 4. The summed E-state index contributed by atoms with van der Waals surface area (Å²) in [6.07, 6.45) is -3.35. The van der Waals surface area contributed by atoms with Crippen LogP contribution >= 0.6 is 11.6 Å². The van der Waals surface area contributed by atoms with Crippen LogP contribution in [-0.4, -0.2) is 57.8 Å². The summed E-state index contributed by atoms with van der Waals surface area (Å²) in [5.41, 5.74) is -0.00511. The standard InChI is InChI=1S/C18H18ClF3N6O/c1-29-14-3-2-13(19)8-12(14)10-26-4-6-27(7-5-26)16-9-15(18(20,21)22)25-17-23-11-24-28(16)17/h2-3,8-9,11H,4-7,10H2,1H3. The minimum Gasteiger partial charge on any atom is -0.496 e. The van der Waals surface area contributed by atoms with Crippen molar-refractivity contribution in [2.45, 2.75) is 12.7 Å². The zero-order chi connectivity index (χ0) is 20.6. The summed E-state index contributed by atoms with van der Waals surface area (Å²) in [5, 5.41) is 4.65. The number of methoxy groups -OCH3 is 1. The summed E-state index contributed by atoms with van der Waals surface area (Å²) in [6, 6.07) is 6.49. The van der Waals surface area contributed by atoms with E-state index in [1.807, 2.05) is 17.0 Å². The number of fused-ring (bicyclic) bond motifs is 1. The van der Waals surface area contributed by atoms with E-state index < -0.39 is 11.9 Å². The van der Waals surface area contributed by atoms with Gasteiger partial charge in [0.1, 0.15) is 17.9 Å². The predicted octanol–water partition coefficient (Wildman–Crippen LogP) is 3.13. The first-order valence-electron chi connectivity index (χ1n) is 8.93. The second kappa shape index (κ2) is 7.68. The van der Waals surface area contributed by atoms with Crippen molar-refractivity contribution < 1.29 is 17.9 Å². The molecule has 0 atom stereocenters.